The van der Waals surface area contributed by atoms with Gasteiger partial charge in [-0.15, -0.1) is 0 Å². The van der Waals surface area contributed by atoms with E-state index in [4.69, 9.17) is 16.3 Å². The third-order valence-electron chi connectivity index (χ3n) is 2.68. The van der Waals surface area contributed by atoms with Gasteiger partial charge in [-0.3, -0.25) is 4.79 Å². The predicted molar refractivity (Wildman–Crippen MR) is 83.2 cm³/mol. The quantitative estimate of drug-likeness (QED) is 0.632. The van der Waals surface area contributed by atoms with Crippen molar-refractivity contribution in [3.05, 3.63) is 61.2 Å². The smallest absolute Gasteiger partial charge is 0.198 e. The SMILES string of the molecule is COc1cc(F)c(Br)cc1C(=O)c1cccc(Br)c1Cl. The number of rotatable bonds is 3. The highest BCUT2D eigenvalue weighted by Crippen LogP contribution is 2.32. The monoisotopic (exact) mass is 420 g/mol. The Hall–Kier alpha value is -0.910. The molecule has 20 heavy (non-hydrogen) atoms. The van der Waals surface area contributed by atoms with Crippen LogP contribution in [0, 0.1) is 5.82 Å². The second-order valence-corrected chi connectivity index (χ2v) is 5.98. The van der Waals surface area contributed by atoms with Gasteiger partial charge in [0.25, 0.3) is 0 Å². The Balaban J connectivity index is 2.59. The van der Waals surface area contributed by atoms with Crippen LogP contribution in [0.25, 0.3) is 0 Å². The molecule has 2 aromatic rings. The van der Waals surface area contributed by atoms with E-state index >= 15 is 0 Å². The van der Waals surface area contributed by atoms with E-state index < -0.39 is 5.82 Å². The average Bonchev–Trinajstić information content (AvgIpc) is 2.43. The minimum Gasteiger partial charge on any atom is -0.496 e. The van der Waals surface area contributed by atoms with Crippen LogP contribution in [0.3, 0.4) is 0 Å². The Kier molecular flexibility index (Phi) is 4.83. The molecule has 0 amide bonds. The van der Waals surface area contributed by atoms with E-state index in [1.807, 2.05) is 0 Å². The third kappa shape index (κ3) is 2.90. The van der Waals surface area contributed by atoms with Crippen molar-refractivity contribution in [1.29, 1.82) is 0 Å². The molecular weight excluding hydrogens is 414 g/mol. The maximum Gasteiger partial charge on any atom is 0.198 e. The van der Waals surface area contributed by atoms with Crippen LogP contribution in [0.1, 0.15) is 15.9 Å². The molecule has 6 heteroatoms. The van der Waals surface area contributed by atoms with Crippen LogP contribution in [0.15, 0.2) is 39.3 Å². The molecule has 0 unspecified atom stereocenters. The summed E-state index contributed by atoms with van der Waals surface area (Å²) in [7, 11) is 1.38. The third-order valence-corrected chi connectivity index (χ3v) is 4.59. The van der Waals surface area contributed by atoms with Crippen molar-refractivity contribution in [1.82, 2.24) is 0 Å². The second kappa shape index (κ2) is 6.24. The Morgan fingerprint density at radius 3 is 2.55 bits per heavy atom. The van der Waals surface area contributed by atoms with Crippen molar-refractivity contribution in [2.45, 2.75) is 0 Å². The van der Waals surface area contributed by atoms with E-state index in [1.165, 1.54) is 13.2 Å². The van der Waals surface area contributed by atoms with Crippen LogP contribution in [-0.2, 0) is 0 Å². The van der Waals surface area contributed by atoms with Gasteiger partial charge in [0.2, 0.25) is 0 Å². The van der Waals surface area contributed by atoms with Gasteiger partial charge in [0, 0.05) is 16.1 Å². The van der Waals surface area contributed by atoms with E-state index in [0.29, 0.717) is 15.1 Å². The predicted octanol–water partition coefficient (Wildman–Crippen LogP) is 5.24. The fourth-order valence-corrected chi connectivity index (χ4v) is 2.62. The molecule has 0 fully saturated rings. The summed E-state index contributed by atoms with van der Waals surface area (Å²) in [5, 5.41) is 0.306. The molecule has 0 atom stereocenters. The van der Waals surface area contributed by atoms with Crippen molar-refractivity contribution >= 4 is 49.2 Å². The van der Waals surface area contributed by atoms with Gasteiger partial charge in [-0.05, 0) is 50.1 Å². The lowest BCUT2D eigenvalue weighted by molar-refractivity contribution is 0.103. The number of halogens is 4. The lowest BCUT2D eigenvalue weighted by Gasteiger charge is -2.10. The average molecular weight is 422 g/mol. The van der Waals surface area contributed by atoms with E-state index in [1.54, 1.807) is 18.2 Å². The molecule has 0 heterocycles. The summed E-state index contributed by atoms with van der Waals surface area (Å²) < 4.78 is 19.3. The molecular formula is C14H8Br2ClFO2. The number of ether oxygens (including phenoxy) is 1. The molecule has 0 aliphatic heterocycles. The zero-order chi connectivity index (χ0) is 14.9. The maximum atomic E-state index is 13.5. The molecule has 0 bridgehead atoms. The molecule has 104 valence electrons. The largest absolute Gasteiger partial charge is 0.496 e. The summed E-state index contributed by atoms with van der Waals surface area (Å²) in [5.41, 5.74) is 0.554. The lowest BCUT2D eigenvalue weighted by atomic mass is 10.0. The maximum absolute atomic E-state index is 13.5. The second-order valence-electron chi connectivity index (χ2n) is 3.90. The summed E-state index contributed by atoms with van der Waals surface area (Å²) >= 11 is 12.4. The number of methoxy groups -OCH3 is 1. The van der Waals surface area contributed by atoms with Crippen LogP contribution in [0.2, 0.25) is 5.02 Å². The zero-order valence-electron chi connectivity index (χ0n) is 10.2. The van der Waals surface area contributed by atoms with Crippen molar-refractivity contribution < 1.29 is 13.9 Å². The molecule has 0 aromatic heterocycles. The van der Waals surface area contributed by atoms with Crippen LogP contribution < -0.4 is 4.74 Å². The minimum absolute atomic E-state index is 0.159. The minimum atomic E-state index is -0.501. The lowest BCUT2D eigenvalue weighted by Crippen LogP contribution is -2.06. The molecule has 0 spiro atoms. The van der Waals surface area contributed by atoms with Gasteiger partial charge < -0.3 is 4.74 Å². The summed E-state index contributed by atoms with van der Waals surface area (Å²) in [6.07, 6.45) is 0. The molecule has 0 radical (unpaired) electrons. The molecule has 0 saturated carbocycles. The molecule has 2 aromatic carbocycles. The van der Waals surface area contributed by atoms with E-state index in [2.05, 4.69) is 31.9 Å². The Bertz CT molecular complexity index is 689. The first-order chi connectivity index (χ1) is 9.45. The van der Waals surface area contributed by atoms with Crippen molar-refractivity contribution in [3.8, 4) is 5.75 Å². The molecule has 0 aliphatic rings. The number of carbonyl (C=O) groups excluding carboxylic acids is 1. The van der Waals surface area contributed by atoms with Gasteiger partial charge in [0.05, 0.1) is 22.2 Å². The Morgan fingerprint density at radius 1 is 1.20 bits per heavy atom. The summed E-state index contributed by atoms with van der Waals surface area (Å²) in [6.45, 7) is 0. The Morgan fingerprint density at radius 2 is 1.90 bits per heavy atom. The number of carbonyl (C=O) groups is 1. The van der Waals surface area contributed by atoms with E-state index in [-0.39, 0.29) is 21.6 Å². The summed E-state index contributed by atoms with van der Waals surface area (Å²) in [6, 6.07) is 7.58. The van der Waals surface area contributed by atoms with Crippen molar-refractivity contribution in [2.24, 2.45) is 0 Å². The fraction of sp³-hybridized carbons (Fsp3) is 0.0714. The highest BCUT2D eigenvalue weighted by atomic mass is 79.9. The molecule has 2 nitrogen and oxygen atoms in total. The fourth-order valence-electron chi connectivity index (χ4n) is 1.70. The number of ketones is 1. The van der Waals surface area contributed by atoms with E-state index in [9.17, 15) is 9.18 Å². The van der Waals surface area contributed by atoms with E-state index in [0.717, 1.165) is 6.07 Å². The van der Waals surface area contributed by atoms with Gasteiger partial charge in [0.1, 0.15) is 11.6 Å². The molecule has 0 saturated heterocycles. The zero-order valence-corrected chi connectivity index (χ0v) is 14.1. The summed E-state index contributed by atoms with van der Waals surface area (Å²) in [4.78, 5) is 12.5. The first-order valence-corrected chi connectivity index (χ1v) is 7.44. The number of hydrogen-bond acceptors (Lipinski definition) is 2. The molecule has 0 N–H and O–H groups in total. The van der Waals surface area contributed by atoms with Crippen LogP contribution in [0.4, 0.5) is 4.39 Å². The van der Waals surface area contributed by atoms with Gasteiger partial charge in [0.15, 0.2) is 5.78 Å². The Labute approximate surface area is 137 Å². The van der Waals surface area contributed by atoms with Crippen LogP contribution >= 0.6 is 43.5 Å². The highest BCUT2D eigenvalue weighted by molar-refractivity contribution is 9.10. The van der Waals surface area contributed by atoms with Gasteiger partial charge in [-0.25, -0.2) is 4.39 Å². The normalized spacial score (nSPS) is 10.4. The first-order valence-electron chi connectivity index (χ1n) is 5.47. The van der Waals surface area contributed by atoms with Crippen LogP contribution in [-0.4, -0.2) is 12.9 Å². The van der Waals surface area contributed by atoms with Crippen molar-refractivity contribution in [3.63, 3.8) is 0 Å². The van der Waals surface area contributed by atoms with Crippen molar-refractivity contribution in [2.75, 3.05) is 7.11 Å². The van der Waals surface area contributed by atoms with Gasteiger partial charge in [-0.1, -0.05) is 17.7 Å². The summed E-state index contributed by atoms with van der Waals surface area (Å²) in [5.74, 6) is -0.681. The van der Waals surface area contributed by atoms with Gasteiger partial charge >= 0.3 is 0 Å². The topological polar surface area (TPSA) is 26.3 Å². The highest BCUT2D eigenvalue weighted by Gasteiger charge is 2.20. The molecule has 2 rings (SSSR count). The number of benzene rings is 2. The first kappa shape index (κ1) is 15.5. The number of hydrogen-bond donors (Lipinski definition) is 0. The van der Waals surface area contributed by atoms with Gasteiger partial charge in [-0.2, -0.15) is 0 Å². The standard InChI is InChI=1S/C14H8Br2ClFO2/c1-20-12-6-11(18)10(16)5-8(12)14(19)7-3-2-4-9(15)13(7)17/h2-6H,1H3. The van der Waals surface area contributed by atoms with Crippen LogP contribution in [0.5, 0.6) is 5.75 Å². The molecule has 0 aliphatic carbocycles.